The Morgan fingerprint density at radius 3 is 2.57 bits per heavy atom. The van der Waals surface area contributed by atoms with Crippen molar-refractivity contribution in [2.45, 2.75) is 13.0 Å². The molecule has 110 valence electrons. The van der Waals surface area contributed by atoms with Crippen molar-refractivity contribution >= 4 is 17.5 Å². The highest BCUT2D eigenvalue weighted by Gasteiger charge is 2.13. The number of rotatable bonds is 6. The highest BCUT2D eigenvalue weighted by atomic mass is 16.3. The third-order valence-electron chi connectivity index (χ3n) is 3.10. The molecule has 0 aliphatic heterocycles. The van der Waals surface area contributed by atoms with Gasteiger partial charge in [-0.15, -0.1) is 0 Å². The van der Waals surface area contributed by atoms with E-state index < -0.39 is 5.91 Å². The Bertz CT molecular complexity index is 606. The second kappa shape index (κ2) is 6.71. The van der Waals surface area contributed by atoms with Crippen LogP contribution in [0.15, 0.2) is 47.1 Å². The molecular formula is C15H18N3O3+. The maximum atomic E-state index is 11.8. The number of furan rings is 1. The number of primary amides is 1. The Hall–Kier alpha value is -2.60. The monoisotopic (exact) mass is 288 g/mol. The van der Waals surface area contributed by atoms with E-state index in [1.54, 1.807) is 30.5 Å². The third kappa shape index (κ3) is 4.19. The summed E-state index contributed by atoms with van der Waals surface area (Å²) in [6.45, 7) is 2.24. The Kier molecular flexibility index (Phi) is 4.73. The Morgan fingerprint density at radius 1 is 1.29 bits per heavy atom. The van der Waals surface area contributed by atoms with E-state index in [9.17, 15) is 9.59 Å². The molecule has 0 aliphatic carbocycles. The predicted octanol–water partition coefficient (Wildman–Crippen LogP) is 0.642. The first kappa shape index (κ1) is 14.8. The first-order chi connectivity index (χ1) is 10.1. The molecule has 0 aliphatic rings. The average molecular weight is 288 g/mol. The zero-order valence-electron chi connectivity index (χ0n) is 11.7. The van der Waals surface area contributed by atoms with Gasteiger partial charge in [0.2, 0.25) is 5.91 Å². The topological polar surface area (TPSA) is 102 Å². The molecule has 21 heavy (non-hydrogen) atoms. The molecule has 0 fully saturated rings. The number of hydrogen-bond acceptors (Lipinski definition) is 3. The second-order valence-corrected chi connectivity index (χ2v) is 4.73. The molecule has 0 saturated carbocycles. The van der Waals surface area contributed by atoms with E-state index in [0.29, 0.717) is 11.3 Å². The summed E-state index contributed by atoms with van der Waals surface area (Å²) >= 11 is 0. The smallest absolute Gasteiger partial charge is 0.279 e. The SMILES string of the molecule is C[C@H]([NH2+]CC(=O)Nc1ccc(C(N)=O)cc1)c1ccco1. The summed E-state index contributed by atoms with van der Waals surface area (Å²) in [7, 11) is 0. The van der Waals surface area contributed by atoms with Crippen LogP contribution in [0.2, 0.25) is 0 Å². The number of anilines is 1. The lowest BCUT2D eigenvalue weighted by atomic mass is 10.2. The van der Waals surface area contributed by atoms with Crippen molar-refractivity contribution in [3.05, 3.63) is 54.0 Å². The van der Waals surface area contributed by atoms with Crippen LogP contribution in [0.25, 0.3) is 0 Å². The van der Waals surface area contributed by atoms with Crippen LogP contribution in [0.1, 0.15) is 29.1 Å². The van der Waals surface area contributed by atoms with Crippen molar-refractivity contribution in [2.24, 2.45) is 5.73 Å². The molecule has 1 atom stereocenters. The highest BCUT2D eigenvalue weighted by Crippen LogP contribution is 2.09. The molecule has 1 aromatic heterocycles. The van der Waals surface area contributed by atoms with Crippen molar-refractivity contribution in [2.75, 3.05) is 11.9 Å². The maximum Gasteiger partial charge on any atom is 0.279 e. The standard InChI is InChI=1S/C15H17N3O3/c1-10(13-3-2-8-21-13)17-9-14(19)18-12-6-4-11(5-7-12)15(16)20/h2-8,10,17H,9H2,1H3,(H2,16,20)(H,18,19)/p+1/t10-/m0/s1. The van der Waals surface area contributed by atoms with Gasteiger partial charge in [0.15, 0.2) is 12.3 Å². The lowest BCUT2D eigenvalue weighted by Crippen LogP contribution is -2.86. The van der Waals surface area contributed by atoms with Gasteiger partial charge >= 0.3 is 0 Å². The van der Waals surface area contributed by atoms with Gasteiger partial charge in [0.1, 0.15) is 6.04 Å². The van der Waals surface area contributed by atoms with Gasteiger partial charge in [-0.05, 0) is 43.3 Å². The highest BCUT2D eigenvalue weighted by molar-refractivity contribution is 5.94. The molecule has 2 amide bonds. The fraction of sp³-hybridized carbons (Fsp3) is 0.200. The van der Waals surface area contributed by atoms with Crippen LogP contribution in [0.5, 0.6) is 0 Å². The van der Waals surface area contributed by atoms with Gasteiger partial charge in [0.05, 0.1) is 6.26 Å². The van der Waals surface area contributed by atoms with Crippen LogP contribution in [0, 0.1) is 0 Å². The predicted molar refractivity (Wildman–Crippen MR) is 77.5 cm³/mol. The molecule has 5 N–H and O–H groups in total. The molecule has 0 unspecified atom stereocenters. The summed E-state index contributed by atoms with van der Waals surface area (Å²) in [5, 5.41) is 4.64. The molecule has 0 spiro atoms. The largest absolute Gasteiger partial charge is 0.463 e. The summed E-state index contributed by atoms with van der Waals surface area (Å²) in [5.41, 5.74) is 6.19. The van der Waals surface area contributed by atoms with E-state index in [-0.39, 0.29) is 18.5 Å². The quantitative estimate of drug-likeness (QED) is 0.727. The van der Waals surface area contributed by atoms with E-state index in [1.807, 2.05) is 24.4 Å². The van der Waals surface area contributed by atoms with Gasteiger partial charge in [-0.3, -0.25) is 9.59 Å². The van der Waals surface area contributed by atoms with Crippen LogP contribution in [-0.4, -0.2) is 18.4 Å². The number of amides is 2. The minimum Gasteiger partial charge on any atom is -0.463 e. The van der Waals surface area contributed by atoms with Gasteiger partial charge in [0, 0.05) is 11.3 Å². The van der Waals surface area contributed by atoms with E-state index in [2.05, 4.69) is 5.32 Å². The molecule has 1 aromatic carbocycles. The number of nitrogens with two attached hydrogens (primary N) is 2. The summed E-state index contributed by atoms with van der Waals surface area (Å²) < 4.78 is 5.27. The van der Waals surface area contributed by atoms with Crippen LogP contribution in [0.4, 0.5) is 5.69 Å². The number of carbonyl (C=O) groups is 2. The summed E-state index contributed by atoms with van der Waals surface area (Å²) in [5.74, 6) is 0.210. The lowest BCUT2D eigenvalue weighted by molar-refractivity contribution is -0.684. The van der Waals surface area contributed by atoms with E-state index in [0.717, 1.165) is 5.76 Å². The molecule has 0 saturated heterocycles. The van der Waals surface area contributed by atoms with Crippen molar-refractivity contribution in [1.82, 2.24) is 0 Å². The third-order valence-corrected chi connectivity index (χ3v) is 3.10. The normalized spacial score (nSPS) is 11.9. The zero-order chi connectivity index (χ0) is 15.2. The summed E-state index contributed by atoms with van der Waals surface area (Å²) in [4.78, 5) is 22.8. The number of nitrogens with one attached hydrogen (secondary N) is 1. The lowest BCUT2D eigenvalue weighted by Gasteiger charge is -2.08. The number of benzene rings is 1. The van der Waals surface area contributed by atoms with Crippen molar-refractivity contribution in [3.8, 4) is 0 Å². The fourth-order valence-electron chi connectivity index (χ4n) is 1.88. The van der Waals surface area contributed by atoms with Crippen molar-refractivity contribution < 1.29 is 19.3 Å². The molecule has 6 nitrogen and oxygen atoms in total. The van der Waals surface area contributed by atoms with Crippen LogP contribution in [0.3, 0.4) is 0 Å². The van der Waals surface area contributed by atoms with Crippen molar-refractivity contribution in [3.63, 3.8) is 0 Å². The minimum absolute atomic E-state index is 0.0722. The number of carbonyl (C=O) groups excluding carboxylic acids is 2. The molecule has 6 heteroatoms. The van der Waals surface area contributed by atoms with Gasteiger partial charge in [-0.2, -0.15) is 0 Å². The summed E-state index contributed by atoms with van der Waals surface area (Å²) in [6.07, 6.45) is 1.61. The van der Waals surface area contributed by atoms with Gasteiger partial charge < -0.3 is 20.8 Å². The number of quaternary nitrogens is 1. The molecule has 0 radical (unpaired) electrons. The molecular weight excluding hydrogens is 270 g/mol. The molecule has 1 heterocycles. The van der Waals surface area contributed by atoms with Crippen LogP contribution < -0.4 is 16.4 Å². The fourth-order valence-corrected chi connectivity index (χ4v) is 1.88. The van der Waals surface area contributed by atoms with Crippen molar-refractivity contribution in [1.29, 1.82) is 0 Å². The molecule has 0 bridgehead atoms. The average Bonchev–Trinajstić information content (AvgIpc) is 2.99. The first-order valence-corrected chi connectivity index (χ1v) is 6.62. The Morgan fingerprint density at radius 2 is 2.00 bits per heavy atom. The van der Waals surface area contributed by atoms with E-state index in [1.165, 1.54) is 0 Å². The Labute approximate surface area is 122 Å². The van der Waals surface area contributed by atoms with Gasteiger partial charge in [-0.25, -0.2) is 0 Å². The van der Waals surface area contributed by atoms with Crippen LogP contribution >= 0.6 is 0 Å². The van der Waals surface area contributed by atoms with Gasteiger partial charge in [-0.1, -0.05) is 0 Å². The second-order valence-electron chi connectivity index (χ2n) is 4.73. The van der Waals surface area contributed by atoms with E-state index >= 15 is 0 Å². The Balaban J connectivity index is 1.83. The zero-order valence-corrected chi connectivity index (χ0v) is 11.7. The maximum absolute atomic E-state index is 11.8. The molecule has 2 aromatic rings. The van der Waals surface area contributed by atoms with Gasteiger partial charge in [0.25, 0.3) is 5.91 Å². The first-order valence-electron chi connectivity index (χ1n) is 6.62. The minimum atomic E-state index is -0.492. The molecule has 2 rings (SSSR count). The van der Waals surface area contributed by atoms with E-state index in [4.69, 9.17) is 10.2 Å². The number of hydrogen-bond donors (Lipinski definition) is 3. The van der Waals surface area contributed by atoms with Crippen LogP contribution in [-0.2, 0) is 4.79 Å². The summed E-state index contributed by atoms with van der Waals surface area (Å²) in [6, 6.07) is 10.2.